The molecule has 0 aliphatic rings. The van der Waals surface area contributed by atoms with Crippen LogP contribution in [0.4, 0.5) is 0 Å². The second-order valence-electron chi connectivity index (χ2n) is 5.60. The van der Waals surface area contributed by atoms with Crippen LogP contribution in [0.3, 0.4) is 0 Å². The normalized spacial score (nSPS) is 11.9. The smallest absolute Gasteiger partial charge is 1.00 e. The third kappa shape index (κ3) is 7.01. The maximum atomic E-state index is 12.3. The van der Waals surface area contributed by atoms with Crippen LogP contribution in [0.15, 0.2) is 54.3 Å². The fraction of sp³-hybridized carbons (Fsp3) is 0.200. The Kier molecular flexibility index (Phi) is 9.75. The van der Waals surface area contributed by atoms with Crippen molar-refractivity contribution in [3.63, 3.8) is 0 Å². The van der Waals surface area contributed by atoms with Crippen LogP contribution in [-0.4, -0.2) is 42.5 Å². The Morgan fingerprint density at radius 2 is 1.68 bits per heavy atom. The summed E-state index contributed by atoms with van der Waals surface area (Å²) in [5, 5.41) is 18.3. The summed E-state index contributed by atoms with van der Waals surface area (Å²) in [4.78, 5) is 23.2. The summed E-state index contributed by atoms with van der Waals surface area (Å²) >= 11 is 0. The van der Waals surface area contributed by atoms with Crippen molar-refractivity contribution in [2.75, 3.05) is 14.2 Å². The molecule has 1 atom stereocenters. The molecular weight excluding hydrogens is 375 g/mol. The summed E-state index contributed by atoms with van der Waals surface area (Å²) in [7, 11) is 2.69. The molecule has 2 N–H and O–H groups in total. The van der Waals surface area contributed by atoms with Crippen molar-refractivity contribution in [3.05, 3.63) is 65.4 Å². The first-order valence-corrected chi connectivity index (χ1v) is 8.04. The van der Waals surface area contributed by atoms with Crippen molar-refractivity contribution in [2.45, 2.75) is 12.5 Å². The molecular formula is C20H21NaO7. The van der Waals surface area contributed by atoms with Crippen molar-refractivity contribution < 1.29 is 65.0 Å². The van der Waals surface area contributed by atoms with Crippen molar-refractivity contribution in [1.82, 2.24) is 0 Å². The zero-order valence-electron chi connectivity index (χ0n) is 16.9. The number of carboxylic acids is 1. The van der Waals surface area contributed by atoms with Crippen LogP contribution in [0.25, 0.3) is 6.08 Å². The average Bonchev–Trinajstić information content (AvgIpc) is 2.66. The van der Waals surface area contributed by atoms with Crippen LogP contribution in [0.1, 0.15) is 12.6 Å². The van der Waals surface area contributed by atoms with Crippen LogP contribution in [-0.2, 0) is 25.5 Å². The van der Waals surface area contributed by atoms with Gasteiger partial charge in [-0.25, -0.2) is 9.59 Å². The van der Waals surface area contributed by atoms with E-state index in [0.29, 0.717) is 17.7 Å². The van der Waals surface area contributed by atoms with Crippen LogP contribution in [0, 0.1) is 0 Å². The number of ether oxygens (including phenoxy) is 3. The van der Waals surface area contributed by atoms with Gasteiger partial charge in [0.15, 0.2) is 6.10 Å². The van der Waals surface area contributed by atoms with Crippen molar-refractivity contribution in [3.8, 4) is 11.5 Å². The molecule has 0 fully saturated rings. The number of methoxy groups -OCH3 is 2. The first-order valence-electron chi connectivity index (χ1n) is 8.04. The minimum atomic E-state index is -1.18. The second kappa shape index (κ2) is 11.5. The van der Waals surface area contributed by atoms with E-state index < -0.39 is 18.0 Å². The number of esters is 1. The van der Waals surface area contributed by atoms with E-state index in [1.54, 1.807) is 36.4 Å². The number of phenols is 1. The number of carbonyl (C=O) groups is 2. The van der Waals surface area contributed by atoms with Crippen molar-refractivity contribution in [1.29, 1.82) is 0 Å². The summed E-state index contributed by atoms with van der Waals surface area (Å²) in [6, 6.07) is 12.8. The van der Waals surface area contributed by atoms with Gasteiger partial charge in [0.1, 0.15) is 11.5 Å². The van der Waals surface area contributed by atoms with Gasteiger partial charge in [-0.05, 0) is 41.5 Å². The summed E-state index contributed by atoms with van der Waals surface area (Å²) in [6.45, 7) is 0. The van der Waals surface area contributed by atoms with Gasteiger partial charge in [0.25, 0.3) is 0 Å². The molecule has 0 radical (unpaired) electrons. The quantitative estimate of drug-likeness (QED) is 0.208. The molecule has 2 aromatic rings. The molecule has 28 heavy (non-hydrogen) atoms. The van der Waals surface area contributed by atoms with E-state index in [1.165, 1.54) is 32.4 Å². The van der Waals surface area contributed by atoms with Gasteiger partial charge in [-0.1, -0.05) is 24.3 Å². The van der Waals surface area contributed by atoms with Gasteiger partial charge in [-0.2, -0.15) is 0 Å². The molecule has 0 aromatic heterocycles. The number of carboxylic acid groups (broad SMARTS) is 1. The van der Waals surface area contributed by atoms with Gasteiger partial charge in [-0.3, -0.25) is 0 Å². The van der Waals surface area contributed by atoms with Crippen molar-refractivity contribution in [2.24, 2.45) is 0 Å². The molecule has 0 heterocycles. The molecule has 0 aliphatic carbocycles. The molecule has 2 aromatic carbocycles. The van der Waals surface area contributed by atoms with Crippen LogP contribution in [0.5, 0.6) is 11.5 Å². The molecule has 0 saturated carbocycles. The predicted molar refractivity (Wildman–Crippen MR) is 98.4 cm³/mol. The van der Waals surface area contributed by atoms with Gasteiger partial charge in [0.2, 0.25) is 5.76 Å². The third-order valence-electron chi connectivity index (χ3n) is 3.73. The second-order valence-corrected chi connectivity index (χ2v) is 5.60. The van der Waals surface area contributed by atoms with Gasteiger partial charge >= 0.3 is 41.5 Å². The molecule has 144 valence electrons. The topological polar surface area (TPSA) is 102 Å². The largest absolute Gasteiger partial charge is 1.00 e. The van der Waals surface area contributed by atoms with E-state index in [1.807, 2.05) is 0 Å². The number of phenolic OH excluding ortho intramolecular Hbond substituents is 1. The Morgan fingerprint density at radius 3 is 2.18 bits per heavy atom. The molecule has 0 aliphatic heterocycles. The fourth-order valence-corrected chi connectivity index (χ4v) is 2.28. The number of benzene rings is 2. The Labute approximate surface area is 186 Å². The number of rotatable bonds is 8. The Hall–Kier alpha value is -2.32. The maximum Gasteiger partial charge on any atom is 1.00 e. The van der Waals surface area contributed by atoms with Gasteiger partial charge in [0, 0.05) is 13.5 Å². The minimum absolute atomic E-state index is 0. The standard InChI is InChI=1S/C20H20O7.Na.H/c1-25-17(19(22)23)11-14-5-9-16(10-6-14)27-20(24)18(26-2)12-13-3-7-15(21)8-4-13;;/h3-11,18,21H,12H2,1-2H3,(H,22,23);;/q;+1;-1/b17-11-;;. The SMILES string of the molecule is CO/C(=C\c1ccc(OC(=O)C(Cc2ccc(O)cc2)OC)cc1)C(=O)O.[H-].[Na+]. The first-order chi connectivity index (χ1) is 12.9. The average molecular weight is 396 g/mol. The van der Waals surface area contributed by atoms with E-state index in [-0.39, 0.29) is 42.5 Å². The van der Waals surface area contributed by atoms with E-state index in [4.69, 9.17) is 19.3 Å². The number of carbonyl (C=O) groups excluding carboxylic acids is 1. The molecule has 0 bridgehead atoms. The predicted octanol–water partition coefficient (Wildman–Crippen LogP) is -0.256. The summed E-state index contributed by atoms with van der Waals surface area (Å²) in [5.41, 5.74) is 1.40. The molecule has 1 unspecified atom stereocenters. The summed E-state index contributed by atoms with van der Waals surface area (Å²) in [6.07, 6.45) is 0.851. The number of hydrogen-bond acceptors (Lipinski definition) is 6. The van der Waals surface area contributed by atoms with Gasteiger partial charge < -0.3 is 25.9 Å². The summed E-state index contributed by atoms with van der Waals surface area (Å²) in [5.74, 6) is -1.49. The van der Waals surface area contributed by atoms with E-state index in [2.05, 4.69) is 0 Å². The van der Waals surface area contributed by atoms with Crippen molar-refractivity contribution >= 4 is 18.0 Å². The minimum Gasteiger partial charge on any atom is -1.00 e. The van der Waals surface area contributed by atoms with Crippen LogP contribution in [0.2, 0.25) is 0 Å². The molecule has 0 amide bonds. The molecule has 0 spiro atoms. The van der Waals surface area contributed by atoms with Crippen LogP contribution >= 0.6 is 0 Å². The monoisotopic (exact) mass is 396 g/mol. The zero-order valence-corrected chi connectivity index (χ0v) is 17.9. The molecule has 7 nitrogen and oxygen atoms in total. The number of aromatic hydroxyl groups is 1. The zero-order chi connectivity index (χ0) is 19.8. The van der Waals surface area contributed by atoms with Gasteiger partial charge in [-0.15, -0.1) is 0 Å². The molecule has 2 rings (SSSR count). The summed E-state index contributed by atoms with van der Waals surface area (Å²) < 4.78 is 15.3. The maximum absolute atomic E-state index is 12.3. The third-order valence-corrected chi connectivity index (χ3v) is 3.73. The van der Waals surface area contributed by atoms with E-state index in [9.17, 15) is 14.7 Å². The first kappa shape index (κ1) is 23.7. The van der Waals surface area contributed by atoms with E-state index >= 15 is 0 Å². The number of aliphatic carboxylic acids is 1. The number of hydrogen-bond donors (Lipinski definition) is 2. The van der Waals surface area contributed by atoms with E-state index in [0.717, 1.165) is 5.56 Å². The van der Waals surface area contributed by atoms with Crippen LogP contribution < -0.4 is 34.3 Å². The Morgan fingerprint density at radius 1 is 1.07 bits per heavy atom. The van der Waals surface area contributed by atoms with Gasteiger partial charge in [0.05, 0.1) is 7.11 Å². The molecule has 0 saturated heterocycles. The molecule has 8 heteroatoms. The Balaban J connectivity index is 0.00000392. The Bertz CT molecular complexity index is 820. The fourth-order valence-electron chi connectivity index (χ4n) is 2.28.